The van der Waals surface area contributed by atoms with Crippen molar-refractivity contribution in [2.45, 2.75) is 13.0 Å². The van der Waals surface area contributed by atoms with Crippen LogP contribution in [0.25, 0.3) is 0 Å². The van der Waals surface area contributed by atoms with E-state index in [0.29, 0.717) is 10.8 Å². The zero-order chi connectivity index (χ0) is 13.8. The maximum atomic E-state index is 12.2. The lowest BCUT2D eigenvalue weighted by atomic mass is 10.2. The Morgan fingerprint density at radius 1 is 1.42 bits per heavy atom. The number of piperazine rings is 1. The largest absolute Gasteiger partial charge is 0.328 e. The molecule has 1 aromatic rings. The average molecular weight is 285 g/mol. The minimum absolute atomic E-state index is 0.00412. The number of hydrogen-bond acceptors (Lipinski definition) is 2. The van der Waals surface area contributed by atoms with E-state index in [2.05, 4.69) is 17.3 Å². The number of quaternary nitrogens is 2. The second kappa shape index (κ2) is 6.32. The van der Waals surface area contributed by atoms with Gasteiger partial charge in [-0.2, -0.15) is 0 Å². The molecule has 1 saturated heterocycles. The first-order valence-electron chi connectivity index (χ1n) is 6.65. The van der Waals surface area contributed by atoms with Crippen LogP contribution in [0.1, 0.15) is 6.92 Å². The molecule has 5 nitrogen and oxygen atoms in total. The molecule has 104 valence electrons. The van der Waals surface area contributed by atoms with Gasteiger partial charge in [-0.25, -0.2) is 4.98 Å². The summed E-state index contributed by atoms with van der Waals surface area (Å²) in [7, 11) is 2.19. The molecule has 0 aromatic carbocycles. The molecule has 0 radical (unpaired) electrons. The first-order valence-corrected chi connectivity index (χ1v) is 7.03. The first-order chi connectivity index (χ1) is 9.08. The number of rotatable bonds is 3. The Balaban J connectivity index is 1.94. The molecular weight excluding hydrogens is 264 g/mol. The van der Waals surface area contributed by atoms with Crippen LogP contribution >= 0.6 is 11.6 Å². The molecule has 6 heteroatoms. The van der Waals surface area contributed by atoms with Crippen molar-refractivity contribution in [1.82, 2.24) is 4.98 Å². The van der Waals surface area contributed by atoms with Gasteiger partial charge >= 0.3 is 0 Å². The molecule has 1 aliphatic rings. The van der Waals surface area contributed by atoms with Gasteiger partial charge in [0.05, 0.1) is 12.7 Å². The standard InChI is InChI=1S/C13H19ClN4O/c1-10(18-8-6-17(2)7-9-18)13(19)16-11-4-3-5-15-12(11)14/h3-5,10H,6-9H2,1-2H3,(H,16,19)/p+2/t10-/m1/s1. The van der Waals surface area contributed by atoms with Crippen LogP contribution in [0.3, 0.4) is 0 Å². The van der Waals surface area contributed by atoms with Gasteiger partial charge in [0.1, 0.15) is 26.2 Å². The molecule has 0 spiro atoms. The molecule has 1 fully saturated rings. The topological polar surface area (TPSA) is 50.9 Å². The van der Waals surface area contributed by atoms with Gasteiger partial charge in [0.2, 0.25) is 0 Å². The molecule has 0 bridgehead atoms. The number of halogens is 1. The molecule has 0 aliphatic carbocycles. The van der Waals surface area contributed by atoms with E-state index >= 15 is 0 Å². The number of hydrogen-bond donors (Lipinski definition) is 3. The van der Waals surface area contributed by atoms with E-state index < -0.39 is 0 Å². The third-order valence-corrected chi connectivity index (χ3v) is 4.07. The van der Waals surface area contributed by atoms with Gasteiger partial charge in [0.25, 0.3) is 5.91 Å². The molecule has 2 rings (SSSR count). The zero-order valence-corrected chi connectivity index (χ0v) is 12.1. The minimum Gasteiger partial charge on any atom is -0.328 e. The Hall–Kier alpha value is -1.17. The van der Waals surface area contributed by atoms with Crippen LogP contribution in [0.2, 0.25) is 5.15 Å². The van der Waals surface area contributed by atoms with Crippen LogP contribution < -0.4 is 15.1 Å². The molecular formula is C13H21ClN4O+2. The van der Waals surface area contributed by atoms with Crippen molar-refractivity contribution >= 4 is 23.2 Å². The van der Waals surface area contributed by atoms with E-state index in [1.807, 2.05) is 6.92 Å². The van der Waals surface area contributed by atoms with Gasteiger partial charge in [-0.05, 0) is 19.1 Å². The third-order valence-electron chi connectivity index (χ3n) is 3.77. The monoisotopic (exact) mass is 284 g/mol. The molecule has 1 aromatic heterocycles. The Bertz CT molecular complexity index is 446. The number of amides is 1. The minimum atomic E-state index is -0.0654. The summed E-state index contributed by atoms with van der Waals surface area (Å²) in [6.45, 7) is 6.25. The maximum absolute atomic E-state index is 12.2. The number of anilines is 1. The van der Waals surface area contributed by atoms with Crippen LogP contribution in [0, 0.1) is 0 Å². The van der Waals surface area contributed by atoms with E-state index in [-0.39, 0.29) is 11.9 Å². The van der Waals surface area contributed by atoms with Gasteiger partial charge in [0, 0.05) is 6.20 Å². The van der Waals surface area contributed by atoms with Crippen molar-refractivity contribution in [3.8, 4) is 0 Å². The number of likely N-dealkylation sites (N-methyl/N-ethyl adjacent to an activating group) is 1. The summed E-state index contributed by atoms with van der Waals surface area (Å²) >= 11 is 5.94. The van der Waals surface area contributed by atoms with E-state index in [1.54, 1.807) is 18.3 Å². The highest BCUT2D eigenvalue weighted by Crippen LogP contribution is 2.17. The predicted molar refractivity (Wildman–Crippen MR) is 74.7 cm³/mol. The van der Waals surface area contributed by atoms with Crippen LogP contribution in [0.4, 0.5) is 5.69 Å². The van der Waals surface area contributed by atoms with Gasteiger partial charge < -0.3 is 15.1 Å². The molecule has 0 saturated carbocycles. The Morgan fingerprint density at radius 2 is 2.11 bits per heavy atom. The van der Waals surface area contributed by atoms with E-state index in [4.69, 9.17) is 11.6 Å². The summed E-state index contributed by atoms with van der Waals surface area (Å²) in [5.41, 5.74) is 0.583. The third kappa shape index (κ3) is 3.65. The molecule has 2 heterocycles. The normalized spacial score (nSPS) is 24.8. The molecule has 0 unspecified atom stereocenters. The number of nitrogens with zero attached hydrogens (tertiary/aromatic N) is 1. The highest BCUT2D eigenvalue weighted by Gasteiger charge is 2.29. The summed E-state index contributed by atoms with van der Waals surface area (Å²) in [6.07, 6.45) is 1.61. The molecule has 1 aliphatic heterocycles. The fraction of sp³-hybridized carbons (Fsp3) is 0.538. The van der Waals surface area contributed by atoms with Gasteiger partial charge in [0.15, 0.2) is 11.2 Å². The first kappa shape index (κ1) is 14.2. The Labute approximate surface area is 118 Å². The second-order valence-electron chi connectivity index (χ2n) is 5.17. The number of aromatic nitrogens is 1. The van der Waals surface area contributed by atoms with Gasteiger partial charge in [-0.1, -0.05) is 11.6 Å². The van der Waals surface area contributed by atoms with Crippen molar-refractivity contribution < 1.29 is 14.6 Å². The lowest BCUT2D eigenvalue weighted by molar-refractivity contribution is -1.01. The quantitative estimate of drug-likeness (QED) is 0.590. The summed E-state index contributed by atoms with van der Waals surface area (Å²) in [5.74, 6) is 0.00412. The maximum Gasteiger partial charge on any atom is 0.282 e. The predicted octanol–water partition coefficient (Wildman–Crippen LogP) is -1.52. The van der Waals surface area contributed by atoms with Crippen LogP contribution in [-0.4, -0.2) is 50.2 Å². The molecule has 1 atom stereocenters. The zero-order valence-electron chi connectivity index (χ0n) is 11.4. The second-order valence-corrected chi connectivity index (χ2v) is 5.53. The highest BCUT2D eigenvalue weighted by atomic mass is 35.5. The Morgan fingerprint density at radius 3 is 2.74 bits per heavy atom. The van der Waals surface area contributed by atoms with E-state index in [9.17, 15) is 4.79 Å². The van der Waals surface area contributed by atoms with Gasteiger partial charge in [-0.15, -0.1) is 0 Å². The number of carbonyl (C=O) groups is 1. The highest BCUT2D eigenvalue weighted by molar-refractivity contribution is 6.32. The lowest BCUT2D eigenvalue weighted by Crippen LogP contribution is -3.29. The summed E-state index contributed by atoms with van der Waals surface area (Å²) in [5, 5.41) is 3.19. The van der Waals surface area contributed by atoms with Crippen molar-refractivity contribution in [3.63, 3.8) is 0 Å². The van der Waals surface area contributed by atoms with Crippen molar-refractivity contribution in [1.29, 1.82) is 0 Å². The molecule has 19 heavy (non-hydrogen) atoms. The fourth-order valence-electron chi connectivity index (χ4n) is 2.34. The Kier molecular flexibility index (Phi) is 4.74. The lowest BCUT2D eigenvalue weighted by Gasteiger charge is -2.30. The van der Waals surface area contributed by atoms with Crippen LogP contribution in [-0.2, 0) is 4.79 Å². The fourth-order valence-corrected chi connectivity index (χ4v) is 2.50. The summed E-state index contributed by atoms with van der Waals surface area (Å²) in [4.78, 5) is 19.0. The number of nitrogens with one attached hydrogen (secondary N) is 3. The van der Waals surface area contributed by atoms with Crippen LogP contribution in [0.5, 0.6) is 0 Å². The molecule has 3 N–H and O–H groups in total. The number of carbonyl (C=O) groups excluding carboxylic acids is 1. The van der Waals surface area contributed by atoms with Gasteiger partial charge in [-0.3, -0.25) is 4.79 Å². The molecule has 1 amide bonds. The smallest absolute Gasteiger partial charge is 0.282 e. The van der Waals surface area contributed by atoms with E-state index in [1.165, 1.54) is 9.80 Å². The average Bonchev–Trinajstić information content (AvgIpc) is 2.41. The summed E-state index contributed by atoms with van der Waals surface area (Å²) in [6, 6.07) is 3.46. The van der Waals surface area contributed by atoms with E-state index in [0.717, 1.165) is 26.2 Å². The van der Waals surface area contributed by atoms with Crippen molar-refractivity contribution in [2.75, 3.05) is 38.5 Å². The van der Waals surface area contributed by atoms with Crippen molar-refractivity contribution in [2.24, 2.45) is 0 Å². The van der Waals surface area contributed by atoms with Crippen LogP contribution in [0.15, 0.2) is 18.3 Å². The SMILES string of the molecule is C[C@H](C(=O)Nc1cccnc1Cl)[NH+]1CC[NH+](C)CC1. The summed E-state index contributed by atoms with van der Waals surface area (Å²) < 4.78 is 0. The van der Waals surface area contributed by atoms with Crippen molar-refractivity contribution in [3.05, 3.63) is 23.5 Å². The number of pyridine rings is 1.